The van der Waals surface area contributed by atoms with Crippen LogP contribution in [0.15, 0.2) is 53.4 Å². The summed E-state index contributed by atoms with van der Waals surface area (Å²) in [5.74, 6) is -0.194. The van der Waals surface area contributed by atoms with Gasteiger partial charge in [-0.1, -0.05) is 12.1 Å². The normalized spacial score (nSPS) is 14.7. The molecule has 0 saturated carbocycles. The number of carbonyl (C=O) groups excluding carboxylic acids is 1. The Morgan fingerprint density at radius 3 is 2.21 bits per heavy atom. The van der Waals surface area contributed by atoms with Crippen LogP contribution in [0.1, 0.15) is 31.7 Å². The number of carbonyl (C=O) groups is 1. The van der Waals surface area contributed by atoms with Crippen molar-refractivity contribution in [2.75, 3.05) is 29.9 Å². The van der Waals surface area contributed by atoms with Gasteiger partial charge in [-0.25, -0.2) is 13.1 Å². The van der Waals surface area contributed by atoms with Gasteiger partial charge in [0.2, 0.25) is 15.9 Å². The molecule has 2 aromatic carbocycles. The van der Waals surface area contributed by atoms with Crippen LogP contribution in [0.3, 0.4) is 0 Å². The zero-order chi connectivity index (χ0) is 20.0. The summed E-state index contributed by atoms with van der Waals surface area (Å²) in [4.78, 5) is 13.6. The molecule has 28 heavy (non-hydrogen) atoms. The smallest absolute Gasteiger partial charge is 0.240 e. The van der Waals surface area contributed by atoms with Crippen LogP contribution in [-0.4, -0.2) is 34.0 Å². The SMILES string of the molecule is CC(=O)Nc1ccc(S(=O)(=O)NCCc2ccc(N3CCCCC3)cc2)cc1. The molecule has 2 aromatic rings. The number of amides is 1. The van der Waals surface area contributed by atoms with Gasteiger partial charge >= 0.3 is 0 Å². The van der Waals surface area contributed by atoms with E-state index in [1.165, 1.54) is 44.0 Å². The molecule has 2 N–H and O–H groups in total. The van der Waals surface area contributed by atoms with Crippen LogP contribution < -0.4 is 14.9 Å². The fourth-order valence-corrected chi connectivity index (χ4v) is 4.39. The summed E-state index contributed by atoms with van der Waals surface area (Å²) >= 11 is 0. The van der Waals surface area contributed by atoms with Gasteiger partial charge in [0.25, 0.3) is 0 Å². The van der Waals surface area contributed by atoms with Gasteiger partial charge in [-0.3, -0.25) is 4.79 Å². The van der Waals surface area contributed by atoms with Gasteiger partial charge in [-0.05, 0) is 67.6 Å². The van der Waals surface area contributed by atoms with E-state index in [9.17, 15) is 13.2 Å². The van der Waals surface area contributed by atoms with E-state index in [0.29, 0.717) is 18.7 Å². The zero-order valence-corrected chi connectivity index (χ0v) is 17.0. The van der Waals surface area contributed by atoms with Crippen molar-refractivity contribution in [2.24, 2.45) is 0 Å². The molecule has 1 aliphatic heterocycles. The molecule has 7 heteroatoms. The summed E-state index contributed by atoms with van der Waals surface area (Å²) in [6.07, 6.45) is 4.43. The first-order valence-corrected chi connectivity index (χ1v) is 11.1. The van der Waals surface area contributed by atoms with Gasteiger partial charge in [0.1, 0.15) is 0 Å². The third-order valence-electron chi connectivity index (χ3n) is 4.85. The molecule has 0 spiro atoms. The number of piperidine rings is 1. The molecule has 1 saturated heterocycles. The first kappa shape index (κ1) is 20.4. The van der Waals surface area contributed by atoms with Crippen molar-refractivity contribution >= 4 is 27.3 Å². The predicted octanol–water partition coefficient (Wildman–Crippen LogP) is 3.16. The Labute approximate surface area is 167 Å². The monoisotopic (exact) mass is 401 g/mol. The Hall–Kier alpha value is -2.38. The molecule has 1 fully saturated rings. The molecular formula is C21H27N3O3S. The van der Waals surface area contributed by atoms with Crippen LogP contribution in [0.25, 0.3) is 0 Å². The van der Waals surface area contributed by atoms with E-state index < -0.39 is 10.0 Å². The lowest BCUT2D eigenvalue weighted by atomic mass is 10.1. The minimum absolute atomic E-state index is 0.182. The summed E-state index contributed by atoms with van der Waals surface area (Å²) in [5.41, 5.74) is 2.91. The first-order chi connectivity index (χ1) is 13.4. The standard InChI is InChI=1S/C21H27N3O3S/c1-17(25)23-19-7-11-21(12-8-19)28(26,27)22-14-13-18-5-9-20(10-6-18)24-15-3-2-4-16-24/h5-12,22H,2-4,13-16H2,1H3,(H,23,25). The number of rotatable bonds is 7. The summed E-state index contributed by atoms with van der Waals surface area (Å²) in [6.45, 7) is 3.96. The van der Waals surface area contributed by atoms with Gasteiger partial charge in [-0.15, -0.1) is 0 Å². The Kier molecular flexibility index (Phi) is 6.70. The van der Waals surface area contributed by atoms with E-state index in [4.69, 9.17) is 0 Å². The second-order valence-corrected chi connectivity index (χ2v) is 8.83. The van der Waals surface area contributed by atoms with Crippen molar-refractivity contribution in [2.45, 2.75) is 37.5 Å². The molecule has 3 rings (SSSR count). The Bertz CT molecular complexity index is 887. The molecule has 0 aliphatic carbocycles. The summed E-state index contributed by atoms with van der Waals surface area (Å²) in [5, 5.41) is 2.62. The molecule has 0 bridgehead atoms. The van der Waals surface area contributed by atoms with Crippen molar-refractivity contribution in [3.8, 4) is 0 Å². The number of hydrogen-bond acceptors (Lipinski definition) is 4. The third kappa shape index (κ3) is 5.56. The predicted molar refractivity (Wildman–Crippen MR) is 112 cm³/mol. The molecule has 0 radical (unpaired) electrons. The highest BCUT2D eigenvalue weighted by Gasteiger charge is 2.14. The molecular weight excluding hydrogens is 374 g/mol. The average molecular weight is 402 g/mol. The molecule has 0 atom stereocenters. The topological polar surface area (TPSA) is 78.5 Å². The van der Waals surface area contributed by atoms with Crippen molar-refractivity contribution in [3.05, 3.63) is 54.1 Å². The fraction of sp³-hybridized carbons (Fsp3) is 0.381. The minimum Gasteiger partial charge on any atom is -0.372 e. The number of anilines is 2. The van der Waals surface area contributed by atoms with Crippen molar-refractivity contribution < 1.29 is 13.2 Å². The Morgan fingerprint density at radius 2 is 1.61 bits per heavy atom. The fourth-order valence-electron chi connectivity index (χ4n) is 3.36. The average Bonchev–Trinajstić information content (AvgIpc) is 2.69. The molecule has 1 aliphatic rings. The molecule has 6 nitrogen and oxygen atoms in total. The molecule has 0 unspecified atom stereocenters. The lowest BCUT2D eigenvalue weighted by Crippen LogP contribution is -2.29. The molecule has 150 valence electrons. The van der Waals surface area contributed by atoms with E-state index in [-0.39, 0.29) is 10.8 Å². The quantitative estimate of drug-likeness (QED) is 0.747. The van der Waals surface area contributed by atoms with E-state index in [0.717, 1.165) is 18.7 Å². The van der Waals surface area contributed by atoms with Gasteiger partial charge in [0, 0.05) is 37.9 Å². The lowest BCUT2D eigenvalue weighted by Gasteiger charge is -2.28. The van der Waals surface area contributed by atoms with Crippen LogP contribution >= 0.6 is 0 Å². The van der Waals surface area contributed by atoms with Gasteiger partial charge in [-0.2, -0.15) is 0 Å². The maximum absolute atomic E-state index is 12.4. The number of hydrogen-bond donors (Lipinski definition) is 2. The molecule has 1 amide bonds. The largest absolute Gasteiger partial charge is 0.372 e. The zero-order valence-electron chi connectivity index (χ0n) is 16.1. The maximum atomic E-state index is 12.4. The van der Waals surface area contributed by atoms with Gasteiger partial charge in [0.15, 0.2) is 0 Å². The summed E-state index contributed by atoms with van der Waals surface area (Å²) < 4.78 is 27.5. The summed E-state index contributed by atoms with van der Waals surface area (Å²) in [7, 11) is -3.57. The van der Waals surface area contributed by atoms with Crippen molar-refractivity contribution in [1.29, 1.82) is 0 Å². The van der Waals surface area contributed by atoms with E-state index in [2.05, 4.69) is 39.2 Å². The molecule has 1 heterocycles. The Morgan fingerprint density at radius 1 is 0.964 bits per heavy atom. The van der Waals surface area contributed by atoms with Crippen LogP contribution in [0.2, 0.25) is 0 Å². The van der Waals surface area contributed by atoms with Crippen molar-refractivity contribution in [3.63, 3.8) is 0 Å². The number of nitrogens with one attached hydrogen (secondary N) is 2. The summed E-state index contributed by atoms with van der Waals surface area (Å²) in [6, 6.07) is 14.5. The number of sulfonamides is 1. The second kappa shape index (κ2) is 9.21. The van der Waals surface area contributed by atoms with E-state index in [1.807, 2.05) is 0 Å². The second-order valence-electron chi connectivity index (χ2n) is 7.07. The number of benzene rings is 2. The van der Waals surface area contributed by atoms with Gasteiger partial charge < -0.3 is 10.2 Å². The maximum Gasteiger partial charge on any atom is 0.240 e. The van der Waals surface area contributed by atoms with Crippen LogP contribution in [-0.2, 0) is 21.2 Å². The van der Waals surface area contributed by atoms with Crippen LogP contribution in [0, 0.1) is 0 Å². The third-order valence-corrected chi connectivity index (χ3v) is 6.33. The van der Waals surface area contributed by atoms with E-state index >= 15 is 0 Å². The van der Waals surface area contributed by atoms with Crippen LogP contribution in [0.5, 0.6) is 0 Å². The highest BCUT2D eigenvalue weighted by molar-refractivity contribution is 7.89. The number of nitrogens with zero attached hydrogens (tertiary/aromatic N) is 1. The highest BCUT2D eigenvalue weighted by Crippen LogP contribution is 2.20. The van der Waals surface area contributed by atoms with E-state index in [1.54, 1.807) is 12.1 Å². The lowest BCUT2D eigenvalue weighted by molar-refractivity contribution is -0.114. The van der Waals surface area contributed by atoms with Crippen molar-refractivity contribution in [1.82, 2.24) is 4.72 Å². The van der Waals surface area contributed by atoms with Crippen LogP contribution in [0.4, 0.5) is 11.4 Å². The Balaban J connectivity index is 1.52. The van der Waals surface area contributed by atoms with Gasteiger partial charge in [0.05, 0.1) is 4.90 Å². The first-order valence-electron chi connectivity index (χ1n) is 9.65. The molecule has 0 aromatic heterocycles. The highest BCUT2D eigenvalue weighted by atomic mass is 32.2. The minimum atomic E-state index is -3.57.